The fraction of sp³-hybridized carbons (Fsp3) is 0.491. The van der Waals surface area contributed by atoms with Crippen LogP contribution < -0.4 is 0 Å². The Hall–Kier alpha value is -3.99. The van der Waals surface area contributed by atoms with Crippen LogP contribution in [0.25, 0.3) is 0 Å². The van der Waals surface area contributed by atoms with Gasteiger partial charge in [0.25, 0.3) is 0 Å². The summed E-state index contributed by atoms with van der Waals surface area (Å²) in [6, 6.07) is 41.5. The van der Waals surface area contributed by atoms with Crippen molar-refractivity contribution in [1.29, 1.82) is 0 Å². The first-order valence-electron chi connectivity index (χ1n) is 22.1. The van der Waals surface area contributed by atoms with Gasteiger partial charge in [0.1, 0.15) is 11.7 Å². The lowest BCUT2D eigenvalue weighted by Crippen LogP contribution is -2.51. The molecular formula is C53H64O4. The van der Waals surface area contributed by atoms with E-state index >= 15 is 0 Å². The van der Waals surface area contributed by atoms with Crippen LogP contribution in [0, 0.1) is 46.3 Å². The summed E-state index contributed by atoms with van der Waals surface area (Å²) in [4.78, 5) is 12.9. The fourth-order valence-electron chi connectivity index (χ4n) is 12.7. The van der Waals surface area contributed by atoms with Gasteiger partial charge < -0.3 is 14.6 Å². The molecule has 0 aromatic heterocycles. The van der Waals surface area contributed by atoms with E-state index in [1.54, 1.807) is 0 Å². The molecule has 0 radical (unpaired) electrons. The molecule has 3 saturated carbocycles. The van der Waals surface area contributed by atoms with Gasteiger partial charge in [0, 0.05) is 6.42 Å². The van der Waals surface area contributed by atoms with E-state index in [2.05, 4.69) is 125 Å². The third-order valence-electron chi connectivity index (χ3n) is 15.5. The third-order valence-corrected chi connectivity index (χ3v) is 15.5. The van der Waals surface area contributed by atoms with Crippen molar-refractivity contribution in [3.05, 3.63) is 155 Å². The zero-order chi connectivity index (χ0) is 39.6. The molecule has 4 aromatic rings. The summed E-state index contributed by atoms with van der Waals surface area (Å²) in [7, 11) is 0. The second-order valence-electron chi connectivity index (χ2n) is 18.9. The summed E-state index contributed by atoms with van der Waals surface area (Å²) in [6.07, 6.45) is 12.9. The van der Waals surface area contributed by atoms with Gasteiger partial charge in [-0.05, 0) is 120 Å². The number of allylic oxidation sites excluding steroid dienone is 1. The highest BCUT2D eigenvalue weighted by molar-refractivity contribution is 5.89. The highest BCUT2D eigenvalue weighted by atomic mass is 16.5. The van der Waals surface area contributed by atoms with Crippen LogP contribution in [0.3, 0.4) is 0 Å². The smallest absolute Gasteiger partial charge is 0.338 e. The van der Waals surface area contributed by atoms with Crippen LogP contribution in [0.15, 0.2) is 133 Å². The van der Waals surface area contributed by atoms with Crippen molar-refractivity contribution >= 4 is 5.97 Å². The van der Waals surface area contributed by atoms with Crippen LogP contribution in [0.1, 0.15) is 119 Å². The number of carbonyl (C=O) groups excluding carboxylic acids is 1. The lowest BCUT2D eigenvalue weighted by atomic mass is 9.47. The van der Waals surface area contributed by atoms with E-state index in [-0.39, 0.29) is 29.0 Å². The Bertz CT molecular complexity index is 1860. The molecule has 0 saturated heterocycles. The summed E-state index contributed by atoms with van der Waals surface area (Å²) in [5.74, 6) is 2.80. The van der Waals surface area contributed by atoms with Gasteiger partial charge >= 0.3 is 5.97 Å². The predicted octanol–water partition coefficient (Wildman–Crippen LogP) is 12.2. The number of aliphatic hydroxyl groups is 1. The minimum atomic E-state index is -0.692. The summed E-state index contributed by atoms with van der Waals surface area (Å²) >= 11 is 0. The van der Waals surface area contributed by atoms with Crippen molar-refractivity contribution in [2.45, 2.75) is 110 Å². The van der Waals surface area contributed by atoms with E-state index in [0.717, 1.165) is 68.1 Å². The van der Waals surface area contributed by atoms with E-state index in [1.165, 1.54) is 18.4 Å². The predicted molar refractivity (Wildman–Crippen MR) is 230 cm³/mol. The highest BCUT2D eigenvalue weighted by Gasteiger charge is 2.61. The van der Waals surface area contributed by atoms with E-state index in [1.807, 2.05) is 30.3 Å². The van der Waals surface area contributed by atoms with Crippen LogP contribution in [-0.4, -0.2) is 29.9 Å². The van der Waals surface area contributed by atoms with Crippen molar-refractivity contribution in [1.82, 2.24) is 0 Å². The van der Waals surface area contributed by atoms with E-state index in [0.29, 0.717) is 47.7 Å². The lowest BCUT2D eigenvalue weighted by Gasteiger charge is -2.58. The zero-order valence-electron chi connectivity index (χ0n) is 34.7. The van der Waals surface area contributed by atoms with Gasteiger partial charge in [-0.15, -0.1) is 0 Å². The number of benzene rings is 4. The van der Waals surface area contributed by atoms with Crippen LogP contribution >= 0.6 is 0 Å². The van der Waals surface area contributed by atoms with Crippen LogP contribution in [-0.2, 0) is 15.1 Å². The van der Waals surface area contributed by atoms with Crippen molar-refractivity contribution in [3.63, 3.8) is 0 Å². The number of rotatable bonds is 13. The molecule has 0 aliphatic heterocycles. The van der Waals surface area contributed by atoms with Gasteiger partial charge in [0.05, 0.1) is 18.3 Å². The quantitative estimate of drug-likeness (QED) is 0.0837. The molecule has 0 amide bonds. The number of hydrogen-bond acceptors (Lipinski definition) is 4. The molecule has 4 aromatic carbocycles. The molecule has 8 rings (SSSR count). The Balaban J connectivity index is 0.897. The van der Waals surface area contributed by atoms with Gasteiger partial charge in [-0.25, -0.2) is 4.79 Å². The summed E-state index contributed by atoms with van der Waals surface area (Å²) in [5.41, 5.74) is 5.22. The maximum atomic E-state index is 12.9. The molecule has 4 nitrogen and oxygen atoms in total. The minimum Gasteiger partial charge on any atom is -0.458 e. The lowest BCUT2D eigenvalue weighted by molar-refractivity contribution is -0.0639. The number of hydrogen-bond donors (Lipinski definition) is 1. The van der Waals surface area contributed by atoms with Crippen molar-refractivity contribution in [2.24, 2.45) is 46.3 Å². The van der Waals surface area contributed by atoms with Crippen molar-refractivity contribution < 1.29 is 19.4 Å². The summed E-state index contributed by atoms with van der Waals surface area (Å²) in [6.45, 7) is 10.5. The molecule has 3 fully saturated rings. The molecule has 0 spiro atoms. The first kappa shape index (κ1) is 39.8. The zero-order valence-corrected chi connectivity index (χ0v) is 34.7. The number of fused-ring (bicyclic) bond motifs is 5. The Kier molecular flexibility index (Phi) is 11.7. The normalized spacial score (nSPS) is 30.6. The van der Waals surface area contributed by atoms with Crippen molar-refractivity contribution in [3.8, 4) is 0 Å². The molecule has 2 unspecified atom stereocenters. The van der Waals surface area contributed by atoms with E-state index in [4.69, 9.17) is 9.47 Å². The maximum Gasteiger partial charge on any atom is 0.338 e. The van der Waals surface area contributed by atoms with Crippen LogP contribution in [0.4, 0.5) is 0 Å². The number of esters is 1. The molecular weight excluding hydrogens is 701 g/mol. The van der Waals surface area contributed by atoms with Gasteiger partial charge in [0.15, 0.2) is 0 Å². The van der Waals surface area contributed by atoms with Gasteiger partial charge in [0.2, 0.25) is 0 Å². The third kappa shape index (κ3) is 7.58. The standard InChI is InChI=1S/C53H64O4/c1-37(36-56-53(40-22-11-6-12-23-40,41-24-13-7-14-25-41)42-26-15-8-16-27-42)18-17-19-38(2)49-48(54)35-47-45-29-28-43-34-44(57-50(55)39-20-9-5-10-21-39)30-32-51(43,3)46(45)31-33-52(47,49)4/h5-16,20-28,37-38,44-49,54H,17-19,29-36H2,1-4H3/t37?,38-,44-,45-,46+,47+,48?,49+,51+,52+/m1/s1. The average molecular weight is 765 g/mol. The highest BCUT2D eigenvalue weighted by Crippen LogP contribution is 2.67. The van der Waals surface area contributed by atoms with Crippen LogP contribution in [0.2, 0.25) is 0 Å². The minimum absolute atomic E-state index is 0.0469. The SMILES string of the molecule is CC(CCC[C@@H](C)[C@H]1C(O)C[C@H]2[C@@H]3CC=C4C[C@H](OC(=O)c5ccccc5)CC[C@]4(C)[C@H]3CC[C@]12C)COC(c1ccccc1)(c1ccccc1)c1ccccc1. The van der Waals surface area contributed by atoms with Gasteiger partial charge in [-0.1, -0.05) is 161 Å². The maximum absolute atomic E-state index is 12.9. The van der Waals surface area contributed by atoms with Crippen molar-refractivity contribution in [2.75, 3.05) is 6.61 Å². The van der Waals surface area contributed by atoms with Crippen LogP contribution in [0.5, 0.6) is 0 Å². The van der Waals surface area contributed by atoms with E-state index in [9.17, 15) is 9.90 Å². The van der Waals surface area contributed by atoms with Gasteiger partial charge in [-0.3, -0.25) is 0 Å². The molecule has 0 heterocycles. The largest absolute Gasteiger partial charge is 0.458 e. The Labute approximate surface area is 342 Å². The first-order chi connectivity index (χ1) is 27.6. The fourth-order valence-corrected chi connectivity index (χ4v) is 12.7. The number of aliphatic hydroxyl groups excluding tert-OH is 1. The number of ether oxygens (including phenoxy) is 2. The Morgan fingerprint density at radius 3 is 1.95 bits per heavy atom. The average Bonchev–Trinajstić information content (AvgIpc) is 3.52. The molecule has 10 atom stereocenters. The molecule has 300 valence electrons. The molecule has 57 heavy (non-hydrogen) atoms. The molecule has 4 aliphatic rings. The summed E-state index contributed by atoms with van der Waals surface area (Å²) in [5, 5.41) is 11.9. The van der Waals surface area contributed by atoms with Gasteiger partial charge in [-0.2, -0.15) is 0 Å². The molecule has 1 N–H and O–H groups in total. The topological polar surface area (TPSA) is 55.8 Å². The molecule has 0 bridgehead atoms. The van der Waals surface area contributed by atoms with E-state index < -0.39 is 5.60 Å². The molecule has 4 aliphatic carbocycles. The first-order valence-corrected chi connectivity index (χ1v) is 22.1. The number of carbonyl (C=O) groups is 1. The molecule has 4 heteroatoms. The second-order valence-corrected chi connectivity index (χ2v) is 18.9. The monoisotopic (exact) mass is 764 g/mol. The summed E-state index contributed by atoms with van der Waals surface area (Å²) < 4.78 is 13.2. The Morgan fingerprint density at radius 1 is 0.772 bits per heavy atom. The Morgan fingerprint density at radius 2 is 1.35 bits per heavy atom. The second kappa shape index (κ2) is 16.7.